The first kappa shape index (κ1) is 16.9. The number of fused-ring (bicyclic) bond motifs is 1. The van der Waals surface area contributed by atoms with Crippen LogP contribution in [0.25, 0.3) is 11.2 Å². The van der Waals surface area contributed by atoms with E-state index in [1.54, 1.807) is 10.8 Å². The third kappa shape index (κ3) is 4.12. The summed E-state index contributed by atoms with van der Waals surface area (Å²) in [5, 5.41) is 3.35. The van der Waals surface area contributed by atoms with Gasteiger partial charge >= 0.3 is 11.7 Å². The summed E-state index contributed by atoms with van der Waals surface area (Å²) in [4.78, 5) is 26.0. The summed E-state index contributed by atoms with van der Waals surface area (Å²) < 4.78 is 7.24. The Hall–Kier alpha value is -1.93. The molecule has 0 amide bonds. The van der Waals surface area contributed by atoms with E-state index in [-0.39, 0.29) is 5.69 Å². The number of rotatable bonds is 8. The van der Waals surface area contributed by atoms with Gasteiger partial charge in [0.1, 0.15) is 5.52 Å². The fourth-order valence-corrected chi connectivity index (χ4v) is 2.90. The Balaban J connectivity index is 1.65. The van der Waals surface area contributed by atoms with Crippen LogP contribution in [0.15, 0.2) is 11.0 Å². The number of aromatic nitrogens is 4. The van der Waals surface area contributed by atoms with Crippen molar-refractivity contribution in [3.8, 4) is 6.01 Å². The summed E-state index contributed by atoms with van der Waals surface area (Å²) in [5.74, 6) is 0. The minimum absolute atomic E-state index is 0.134. The van der Waals surface area contributed by atoms with Crippen LogP contribution in [-0.4, -0.2) is 63.7 Å². The van der Waals surface area contributed by atoms with Crippen molar-refractivity contribution in [3.05, 3.63) is 16.7 Å². The highest BCUT2D eigenvalue weighted by atomic mass is 16.5. The van der Waals surface area contributed by atoms with Crippen molar-refractivity contribution in [2.24, 2.45) is 0 Å². The maximum atomic E-state index is 12.2. The molecular formula is C16H26N6O2. The van der Waals surface area contributed by atoms with Crippen molar-refractivity contribution >= 4 is 11.2 Å². The molecule has 2 aromatic heterocycles. The summed E-state index contributed by atoms with van der Waals surface area (Å²) in [6, 6.07) is 0.339. The minimum Gasteiger partial charge on any atom is -0.463 e. The molecule has 8 nitrogen and oxygen atoms in total. The molecule has 1 fully saturated rings. The van der Waals surface area contributed by atoms with Gasteiger partial charge in [0.2, 0.25) is 0 Å². The van der Waals surface area contributed by atoms with E-state index in [0.717, 1.165) is 52.0 Å². The average molecular weight is 334 g/mol. The van der Waals surface area contributed by atoms with Crippen LogP contribution in [0.1, 0.15) is 26.2 Å². The van der Waals surface area contributed by atoms with Gasteiger partial charge in [-0.3, -0.25) is 4.57 Å². The smallest absolute Gasteiger partial charge is 0.327 e. The SMILES string of the molecule is CCCCOc1ncc2[nH]c(=O)n(CCCN3CCNCC3)c2n1. The van der Waals surface area contributed by atoms with Crippen LogP contribution < -0.4 is 15.7 Å². The van der Waals surface area contributed by atoms with E-state index in [9.17, 15) is 4.79 Å². The Morgan fingerprint density at radius 1 is 1.25 bits per heavy atom. The van der Waals surface area contributed by atoms with Crippen LogP contribution in [0.2, 0.25) is 0 Å². The van der Waals surface area contributed by atoms with Gasteiger partial charge in [-0.1, -0.05) is 13.3 Å². The van der Waals surface area contributed by atoms with Crippen LogP contribution in [0.5, 0.6) is 6.01 Å². The van der Waals surface area contributed by atoms with E-state index in [1.807, 2.05) is 0 Å². The first-order valence-electron chi connectivity index (χ1n) is 8.79. The second-order valence-corrected chi connectivity index (χ2v) is 6.12. The van der Waals surface area contributed by atoms with E-state index in [1.165, 1.54) is 0 Å². The standard InChI is InChI=1S/C16H26N6O2/c1-2-3-11-24-15-18-12-13-14(20-15)22(16(23)19-13)8-4-7-21-9-5-17-6-10-21/h12,17H,2-11H2,1H3,(H,19,23). The maximum absolute atomic E-state index is 12.2. The largest absolute Gasteiger partial charge is 0.463 e. The molecule has 1 aliphatic heterocycles. The molecule has 1 aliphatic rings. The molecule has 24 heavy (non-hydrogen) atoms. The molecule has 0 spiro atoms. The Bertz CT molecular complexity index is 704. The molecule has 0 atom stereocenters. The number of imidazole rings is 1. The number of ether oxygens (including phenoxy) is 1. The first-order valence-corrected chi connectivity index (χ1v) is 8.79. The molecule has 0 radical (unpaired) electrons. The van der Waals surface area contributed by atoms with E-state index in [0.29, 0.717) is 30.3 Å². The van der Waals surface area contributed by atoms with Gasteiger partial charge in [0.15, 0.2) is 5.65 Å². The number of piperazine rings is 1. The maximum Gasteiger partial charge on any atom is 0.327 e. The van der Waals surface area contributed by atoms with Crippen LogP contribution in [0.4, 0.5) is 0 Å². The third-order valence-corrected chi connectivity index (χ3v) is 4.28. The quantitative estimate of drug-likeness (QED) is 0.687. The lowest BCUT2D eigenvalue weighted by Crippen LogP contribution is -2.44. The molecule has 2 N–H and O–H groups in total. The molecule has 3 rings (SSSR count). The number of aromatic amines is 1. The summed E-state index contributed by atoms with van der Waals surface area (Å²) in [5.41, 5.74) is 1.15. The minimum atomic E-state index is -0.134. The summed E-state index contributed by atoms with van der Waals surface area (Å²) in [6.45, 7) is 8.56. The van der Waals surface area contributed by atoms with Crippen LogP contribution in [0, 0.1) is 0 Å². The Morgan fingerprint density at radius 3 is 2.88 bits per heavy atom. The zero-order valence-electron chi connectivity index (χ0n) is 14.3. The summed E-state index contributed by atoms with van der Waals surface area (Å²) in [7, 11) is 0. The topological polar surface area (TPSA) is 88.1 Å². The predicted molar refractivity (Wildman–Crippen MR) is 92.5 cm³/mol. The lowest BCUT2D eigenvalue weighted by Gasteiger charge is -2.27. The number of hydrogen-bond donors (Lipinski definition) is 2. The van der Waals surface area contributed by atoms with E-state index in [4.69, 9.17) is 4.74 Å². The van der Waals surface area contributed by atoms with Gasteiger partial charge in [-0.05, 0) is 19.4 Å². The Kier molecular flexibility index (Phi) is 5.81. The fraction of sp³-hybridized carbons (Fsp3) is 0.688. The van der Waals surface area contributed by atoms with Crippen molar-refractivity contribution in [1.82, 2.24) is 29.7 Å². The zero-order chi connectivity index (χ0) is 16.8. The molecule has 0 aromatic carbocycles. The zero-order valence-corrected chi connectivity index (χ0v) is 14.3. The number of nitrogens with zero attached hydrogens (tertiary/aromatic N) is 4. The number of H-pyrrole nitrogens is 1. The summed E-state index contributed by atoms with van der Waals surface area (Å²) in [6.07, 6.45) is 4.57. The highest BCUT2D eigenvalue weighted by Crippen LogP contribution is 2.11. The normalized spacial score (nSPS) is 15.9. The van der Waals surface area contributed by atoms with Gasteiger partial charge in [-0.2, -0.15) is 4.98 Å². The predicted octanol–water partition coefficient (Wildman–Crippen LogP) is 0.594. The highest BCUT2D eigenvalue weighted by Gasteiger charge is 2.12. The average Bonchev–Trinajstić information content (AvgIpc) is 2.91. The van der Waals surface area contributed by atoms with Crippen molar-refractivity contribution in [3.63, 3.8) is 0 Å². The molecule has 0 unspecified atom stereocenters. The van der Waals surface area contributed by atoms with E-state index >= 15 is 0 Å². The monoisotopic (exact) mass is 334 g/mol. The first-order chi connectivity index (χ1) is 11.8. The van der Waals surface area contributed by atoms with Gasteiger partial charge < -0.3 is 19.9 Å². The molecule has 3 heterocycles. The van der Waals surface area contributed by atoms with Crippen LogP contribution in [0.3, 0.4) is 0 Å². The molecule has 0 saturated carbocycles. The number of unbranched alkanes of at least 4 members (excludes halogenated alkanes) is 1. The molecule has 0 bridgehead atoms. The number of aryl methyl sites for hydroxylation is 1. The Morgan fingerprint density at radius 2 is 2.08 bits per heavy atom. The van der Waals surface area contributed by atoms with Gasteiger partial charge in [-0.15, -0.1) is 0 Å². The van der Waals surface area contributed by atoms with E-state index < -0.39 is 0 Å². The van der Waals surface area contributed by atoms with E-state index in [2.05, 4.69) is 32.1 Å². The third-order valence-electron chi connectivity index (χ3n) is 4.28. The molecule has 2 aromatic rings. The number of hydrogen-bond acceptors (Lipinski definition) is 6. The van der Waals surface area contributed by atoms with Crippen molar-refractivity contribution in [2.75, 3.05) is 39.3 Å². The van der Waals surface area contributed by atoms with Gasteiger partial charge in [-0.25, -0.2) is 9.78 Å². The molecule has 0 aliphatic carbocycles. The van der Waals surface area contributed by atoms with Gasteiger partial charge in [0.25, 0.3) is 0 Å². The number of nitrogens with one attached hydrogen (secondary N) is 2. The fourth-order valence-electron chi connectivity index (χ4n) is 2.90. The molecule has 1 saturated heterocycles. The second-order valence-electron chi connectivity index (χ2n) is 6.12. The van der Waals surface area contributed by atoms with Crippen LogP contribution >= 0.6 is 0 Å². The summed E-state index contributed by atoms with van der Waals surface area (Å²) >= 11 is 0. The Labute approximate surface area is 141 Å². The van der Waals surface area contributed by atoms with Crippen molar-refractivity contribution < 1.29 is 4.74 Å². The van der Waals surface area contributed by atoms with Gasteiger partial charge in [0.05, 0.1) is 12.8 Å². The van der Waals surface area contributed by atoms with Crippen LogP contribution in [-0.2, 0) is 6.54 Å². The van der Waals surface area contributed by atoms with Gasteiger partial charge in [0, 0.05) is 32.7 Å². The highest BCUT2D eigenvalue weighted by molar-refractivity contribution is 5.69. The molecule has 132 valence electrons. The van der Waals surface area contributed by atoms with Crippen molar-refractivity contribution in [1.29, 1.82) is 0 Å². The molecule has 8 heteroatoms. The molecular weight excluding hydrogens is 308 g/mol. The second kappa shape index (κ2) is 8.25. The lowest BCUT2D eigenvalue weighted by atomic mass is 10.3. The lowest BCUT2D eigenvalue weighted by molar-refractivity contribution is 0.234. The van der Waals surface area contributed by atoms with Crippen molar-refractivity contribution in [2.45, 2.75) is 32.7 Å².